The third kappa shape index (κ3) is 3.96. The van der Waals surface area contributed by atoms with Crippen LogP contribution in [-0.4, -0.2) is 29.8 Å². The largest absolute Gasteiger partial charge is 0.363 e. The van der Waals surface area contributed by atoms with Crippen LogP contribution in [0.15, 0.2) is 60.7 Å². The Labute approximate surface area is 152 Å². The number of epoxide rings is 1. The molecule has 0 amide bonds. The van der Waals surface area contributed by atoms with E-state index in [2.05, 4.69) is 67.7 Å². The summed E-state index contributed by atoms with van der Waals surface area (Å²) in [6.45, 7) is 2.15. The second-order valence-electron chi connectivity index (χ2n) is 8.11. The monoisotopic (exact) mass is 336 g/mol. The van der Waals surface area contributed by atoms with E-state index in [1.54, 1.807) is 0 Å². The molecule has 0 unspecified atom stereocenters. The minimum atomic E-state index is 0.470. The number of fused-ring (bicyclic) bond motifs is 1. The zero-order chi connectivity index (χ0) is 17.1. The number of benzene rings is 2. The van der Waals surface area contributed by atoms with Gasteiger partial charge in [-0.25, -0.2) is 0 Å². The lowest BCUT2D eigenvalue weighted by Gasteiger charge is -2.42. The predicted octanol–water partition coefficient (Wildman–Crippen LogP) is 4.93. The van der Waals surface area contributed by atoms with E-state index in [0.29, 0.717) is 18.2 Å². The van der Waals surface area contributed by atoms with Crippen molar-refractivity contribution >= 4 is 0 Å². The molecule has 2 aromatic rings. The van der Waals surface area contributed by atoms with Crippen LogP contribution in [0.3, 0.4) is 0 Å². The van der Waals surface area contributed by atoms with E-state index in [-0.39, 0.29) is 0 Å². The number of nitrogens with zero attached hydrogens (tertiary/aromatic N) is 1. The molecule has 0 radical (unpaired) electrons. The lowest BCUT2D eigenvalue weighted by atomic mass is 9.93. The zero-order valence-electron chi connectivity index (χ0n) is 15.3. The van der Waals surface area contributed by atoms with Gasteiger partial charge in [0.25, 0.3) is 0 Å². The first-order chi connectivity index (χ1) is 12.2. The van der Waals surface area contributed by atoms with E-state index >= 15 is 0 Å². The first kappa shape index (κ1) is 16.8. The molecule has 2 nitrogen and oxygen atoms in total. The Morgan fingerprint density at radius 3 is 1.96 bits per heavy atom. The lowest BCUT2D eigenvalue weighted by molar-refractivity contribution is -0.959. The minimum Gasteiger partial charge on any atom is -0.363 e. The molecule has 0 spiro atoms. The van der Waals surface area contributed by atoms with Crippen LogP contribution in [0, 0.1) is 0 Å². The molecule has 0 N–H and O–H groups in total. The highest BCUT2D eigenvalue weighted by Gasteiger charge is 2.52. The summed E-state index contributed by atoms with van der Waals surface area (Å²) in [5.74, 6) is 0. The van der Waals surface area contributed by atoms with Gasteiger partial charge in [0.05, 0.1) is 13.2 Å². The SMILES string of the molecule is C[N+](Cc1ccccc1)(Cc1ccccc1)[C@@H]1CCCCC[C@H]2O[C@@H]12. The fraction of sp³-hybridized carbons (Fsp3) is 0.478. The predicted molar refractivity (Wildman–Crippen MR) is 102 cm³/mol. The van der Waals surface area contributed by atoms with E-state index in [1.165, 1.54) is 43.2 Å². The van der Waals surface area contributed by atoms with Crippen molar-refractivity contribution in [2.75, 3.05) is 7.05 Å². The van der Waals surface area contributed by atoms with Crippen molar-refractivity contribution in [1.82, 2.24) is 0 Å². The average Bonchev–Trinajstić information content (AvgIpc) is 3.34. The Hall–Kier alpha value is -1.64. The Balaban J connectivity index is 1.62. The Bertz CT molecular complexity index is 628. The number of hydrogen-bond donors (Lipinski definition) is 0. The lowest BCUT2D eigenvalue weighted by Crippen LogP contribution is -2.54. The van der Waals surface area contributed by atoms with Crippen molar-refractivity contribution in [1.29, 1.82) is 0 Å². The van der Waals surface area contributed by atoms with E-state index in [0.717, 1.165) is 17.6 Å². The third-order valence-electron chi connectivity index (χ3n) is 6.06. The molecule has 2 fully saturated rings. The second kappa shape index (κ2) is 7.31. The molecule has 0 aromatic heterocycles. The van der Waals surface area contributed by atoms with Crippen LogP contribution in [0.5, 0.6) is 0 Å². The summed E-state index contributed by atoms with van der Waals surface area (Å²) in [4.78, 5) is 0. The molecule has 0 bridgehead atoms. The van der Waals surface area contributed by atoms with Crippen LogP contribution in [0.25, 0.3) is 0 Å². The van der Waals surface area contributed by atoms with Gasteiger partial charge >= 0.3 is 0 Å². The molecule has 1 aliphatic heterocycles. The number of likely N-dealkylation sites (N-methyl/N-ethyl adjacent to an activating group) is 1. The maximum atomic E-state index is 6.16. The van der Waals surface area contributed by atoms with Crippen LogP contribution in [0.2, 0.25) is 0 Å². The minimum absolute atomic E-state index is 0.470. The van der Waals surface area contributed by atoms with E-state index in [9.17, 15) is 0 Å². The molecule has 132 valence electrons. The molecule has 25 heavy (non-hydrogen) atoms. The molecule has 2 aliphatic rings. The van der Waals surface area contributed by atoms with Crippen LogP contribution in [0.4, 0.5) is 0 Å². The molecular formula is C23H30NO+. The van der Waals surface area contributed by atoms with Crippen LogP contribution < -0.4 is 0 Å². The number of quaternary nitrogens is 1. The van der Waals surface area contributed by atoms with Crippen molar-refractivity contribution in [2.45, 2.75) is 63.4 Å². The Morgan fingerprint density at radius 2 is 1.36 bits per heavy atom. The molecule has 1 saturated carbocycles. The van der Waals surface area contributed by atoms with Crippen molar-refractivity contribution in [3.8, 4) is 0 Å². The molecular weight excluding hydrogens is 306 g/mol. The molecule has 3 atom stereocenters. The van der Waals surface area contributed by atoms with E-state index in [4.69, 9.17) is 4.74 Å². The van der Waals surface area contributed by atoms with Crippen LogP contribution in [0.1, 0.15) is 43.2 Å². The van der Waals surface area contributed by atoms with Gasteiger partial charge in [-0.3, -0.25) is 0 Å². The van der Waals surface area contributed by atoms with Gasteiger partial charge in [0.1, 0.15) is 25.2 Å². The number of hydrogen-bond acceptors (Lipinski definition) is 1. The second-order valence-corrected chi connectivity index (χ2v) is 8.11. The zero-order valence-corrected chi connectivity index (χ0v) is 15.3. The summed E-state index contributed by atoms with van der Waals surface area (Å²) in [6.07, 6.45) is 7.59. The summed E-state index contributed by atoms with van der Waals surface area (Å²) in [7, 11) is 2.45. The smallest absolute Gasteiger partial charge is 0.136 e. The highest BCUT2D eigenvalue weighted by molar-refractivity contribution is 5.16. The average molecular weight is 336 g/mol. The highest BCUT2D eigenvalue weighted by Crippen LogP contribution is 2.40. The molecule has 1 aliphatic carbocycles. The Morgan fingerprint density at radius 1 is 0.800 bits per heavy atom. The summed E-state index contributed by atoms with van der Waals surface area (Å²) in [5.41, 5.74) is 2.86. The molecule has 4 rings (SSSR count). The fourth-order valence-corrected chi connectivity index (χ4v) is 4.73. The van der Waals surface area contributed by atoms with Gasteiger partial charge in [-0.1, -0.05) is 73.5 Å². The van der Waals surface area contributed by atoms with Gasteiger partial charge in [-0.05, 0) is 12.8 Å². The molecule has 2 heteroatoms. The van der Waals surface area contributed by atoms with Crippen LogP contribution in [-0.2, 0) is 17.8 Å². The first-order valence-electron chi connectivity index (χ1n) is 9.82. The van der Waals surface area contributed by atoms with Gasteiger partial charge < -0.3 is 9.22 Å². The number of rotatable bonds is 5. The topological polar surface area (TPSA) is 12.5 Å². The third-order valence-corrected chi connectivity index (χ3v) is 6.06. The maximum Gasteiger partial charge on any atom is 0.136 e. The van der Waals surface area contributed by atoms with Crippen molar-refractivity contribution in [3.63, 3.8) is 0 Å². The molecule has 2 aromatic carbocycles. The van der Waals surface area contributed by atoms with E-state index < -0.39 is 0 Å². The first-order valence-corrected chi connectivity index (χ1v) is 9.82. The van der Waals surface area contributed by atoms with Gasteiger partial charge in [-0.2, -0.15) is 0 Å². The molecule has 1 saturated heterocycles. The Kier molecular flexibility index (Phi) is 4.91. The van der Waals surface area contributed by atoms with Crippen molar-refractivity contribution < 1.29 is 9.22 Å². The summed E-state index contributed by atoms with van der Waals surface area (Å²) in [6, 6.07) is 22.6. The van der Waals surface area contributed by atoms with Crippen LogP contribution >= 0.6 is 0 Å². The fourth-order valence-electron chi connectivity index (χ4n) is 4.73. The van der Waals surface area contributed by atoms with Crippen molar-refractivity contribution in [2.24, 2.45) is 0 Å². The van der Waals surface area contributed by atoms with Gasteiger partial charge in [0.15, 0.2) is 0 Å². The van der Waals surface area contributed by atoms with Gasteiger partial charge in [0.2, 0.25) is 0 Å². The number of ether oxygens (including phenoxy) is 1. The van der Waals surface area contributed by atoms with Gasteiger partial charge in [-0.15, -0.1) is 0 Å². The maximum absolute atomic E-state index is 6.16. The van der Waals surface area contributed by atoms with E-state index in [1.807, 2.05) is 0 Å². The summed E-state index contributed by atoms with van der Waals surface area (Å²) >= 11 is 0. The standard InChI is InChI=1S/C23H30NO/c1-24(17-19-11-5-2-6-12-19,18-20-13-7-3-8-14-20)21-15-9-4-10-16-22-23(21)25-22/h2-3,5-8,11-14,21-23H,4,9-10,15-18H2,1H3/q+1/t21-,22-,23+/m1/s1. The highest BCUT2D eigenvalue weighted by atomic mass is 16.6. The quantitative estimate of drug-likeness (QED) is 0.557. The molecule has 1 heterocycles. The normalized spacial score (nSPS) is 26.4. The van der Waals surface area contributed by atoms with Crippen molar-refractivity contribution in [3.05, 3.63) is 71.8 Å². The summed E-state index contributed by atoms with van der Waals surface area (Å²) in [5, 5.41) is 0. The van der Waals surface area contributed by atoms with Gasteiger partial charge in [0, 0.05) is 17.5 Å². The summed E-state index contributed by atoms with van der Waals surface area (Å²) < 4.78 is 7.21.